The van der Waals surface area contributed by atoms with Crippen molar-refractivity contribution in [2.45, 2.75) is 171 Å². The number of rotatable bonds is 7. The number of epoxide rings is 1. The molecule has 16 heteroatoms. The van der Waals surface area contributed by atoms with Crippen LogP contribution in [0.1, 0.15) is 81.1 Å². The average Bonchev–Trinajstić information content (AvgIpc) is 3.90. The maximum absolute atomic E-state index is 14.8. The van der Waals surface area contributed by atoms with E-state index in [0.717, 1.165) is 0 Å². The van der Waals surface area contributed by atoms with E-state index in [1.807, 2.05) is 83.8 Å². The Morgan fingerprint density at radius 1 is 1.05 bits per heavy atom. The van der Waals surface area contributed by atoms with Gasteiger partial charge in [0.1, 0.15) is 35.6 Å². The number of methoxy groups -OCH3 is 1. The summed E-state index contributed by atoms with van der Waals surface area (Å²) >= 11 is 5.62. The van der Waals surface area contributed by atoms with Crippen molar-refractivity contribution in [2.75, 3.05) is 34.8 Å². The van der Waals surface area contributed by atoms with Gasteiger partial charge >= 0.3 is 11.2 Å². The summed E-state index contributed by atoms with van der Waals surface area (Å²) < 4.78 is 57.3. The highest BCUT2D eigenvalue weighted by Gasteiger charge is 2.76. The van der Waals surface area contributed by atoms with Gasteiger partial charge in [-0.1, -0.05) is 39.0 Å². The number of aliphatic hydroxyl groups is 3. The summed E-state index contributed by atoms with van der Waals surface area (Å²) in [7, 11) is 7.30. The van der Waals surface area contributed by atoms with E-state index in [4.69, 9.17) is 54.8 Å². The van der Waals surface area contributed by atoms with E-state index in [1.54, 1.807) is 33.1 Å². The molecule has 5 heterocycles. The molecular weight excluding hydrogens is 785 g/mol. The highest BCUT2D eigenvalue weighted by Crippen LogP contribution is 2.60. The molecule has 8 unspecified atom stereocenters. The van der Waals surface area contributed by atoms with Gasteiger partial charge in [0, 0.05) is 37.8 Å². The average molecular weight is 853 g/mol. The topological polar surface area (TPSA) is 171 Å². The van der Waals surface area contributed by atoms with E-state index in [-0.39, 0.29) is 48.7 Å². The lowest BCUT2D eigenvalue weighted by Crippen LogP contribution is -2.73. The van der Waals surface area contributed by atoms with Gasteiger partial charge in [0.05, 0.1) is 42.5 Å². The number of thiocarbonyl (C=S) groups is 1. The predicted molar refractivity (Wildman–Crippen MR) is 219 cm³/mol. The van der Waals surface area contributed by atoms with Crippen molar-refractivity contribution < 1.29 is 62.7 Å². The number of fused-ring (bicyclic) bond motifs is 3. The van der Waals surface area contributed by atoms with E-state index in [0.29, 0.717) is 18.7 Å². The van der Waals surface area contributed by atoms with E-state index in [1.165, 1.54) is 6.92 Å². The highest BCUT2D eigenvalue weighted by atomic mass is 32.1. The number of esters is 1. The van der Waals surface area contributed by atoms with Crippen LogP contribution in [0.25, 0.3) is 0 Å². The van der Waals surface area contributed by atoms with Crippen molar-refractivity contribution >= 4 is 23.4 Å². The minimum atomic E-state index is -1.82. The maximum atomic E-state index is 14.8. The van der Waals surface area contributed by atoms with E-state index in [2.05, 4.69) is 0 Å². The largest absolute Gasteiger partial charge is 0.459 e. The number of nitrogens with zero attached hydrogens (tertiary/aromatic N) is 2. The standard InChI is InChI=1S/C43H68N2O13S/c1-13-30-41(8,49)34(46)26(5)45(11)21-23(2)20-40(7,48)35(25(4)32-31(37(47)53-30)42(57-32)22-43(50-12)36(58-43)27(6)56-42)55-38-33(29(44(9)10)19-24(3)51-38)54-39(59)52-28-17-15-14-16-18-28/h14-18,23-27,29-36,38,46,48-49H,13,19-22H2,1-12H3/t23-,24?,25+,26-,27?,29?,30-,31-,32+,33?,34-,35-,36?,38?,40+,41-,42?,43?/m1/s1. The Morgan fingerprint density at radius 2 is 1.73 bits per heavy atom. The van der Waals surface area contributed by atoms with Crippen LogP contribution in [-0.2, 0) is 42.7 Å². The van der Waals surface area contributed by atoms with Crippen LogP contribution in [0.4, 0.5) is 0 Å². The zero-order chi connectivity index (χ0) is 43.4. The molecule has 0 aromatic heterocycles. The van der Waals surface area contributed by atoms with Gasteiger partial charge in [-0.15, -0.1) is 0 Å². The van der Waals surface area contributed by atoms with Gasteiger partial charge in [-0.05, 0) is 93.1 Å². The third-order valence-electron chi connectivity index (χ3n) is 13.5. The van der Waals surface area contributed by atoms with Crippen molar-refractivity contribution in [2.24, 2.45) is 17.8 Å². The number of carbonyl (C=O) groups is 1. The lowest BCUT2D eigenvalue weighted by molar-refractivity contribution is -0.421. The number of ether oxygens (including phenoxy) is 9. The molecule has 1 aromatic rings. The van der Waals surface area contributed by atoms with Crippen LogP contribution >= 0.6 is 12.2 Å². The number of hydrogen-bond acceptors (Lipinski definition) is 16. The van der Waals surface area contributed by atoms with Crippen LogP contribution in [0.2, 0.25) is 0 Å². The first kappa shape index (κ1) is 46.4. The van der Waals surface area contributed by atoms with Gasteiger partial charge in [0.25, 0.3) is 0 Å². The summed E-state index contributed by atoms with van der Waals surface area (Å²) in [6.45, 7) is 15.0. The van der Waals surface area contributed by atoms with Gasteiger partial charge in [-0.2, -0.15) is 0 Å². The van der Waals surface area contributed by atoms with Crippen LogP contribution in [0.3, 0.4) is 0 Å². The van der Waals surface area contributed by atoms with Gasteiger partial charge < -0.3 is 67.8 Å². The fourth-order valence-corrected chi connectivity index (χ4v) is 10.4. The Hall–Kier alpha value is -2.06. The smallest absolute Gasteiger partial charge is 0.358 e. The highest BCUT2D eigenvalue weighted by molar-refractivity contribution is 7.79. The predicted octanol–water partition coefficient (Wildman–Crippen LogP) is 3.63. The summed E-state index contributed by atoms with van der Waals surface area (Å²) in [6.07, 6.45) is -6.16. The Kier molecular flexibility index (Phi) is 13.9. The molecule has 1 aromatic carbocycles. The van der Waals surface area contributed by atoms with E-state index >= 15 is 0 Å². The molecule has 0 amide bonds. The Labute approximate surface area is 354 Å². The summed E-state index contributed by atoms with van der Waals surface area (Å²) in [5, 5.41) is 36.3. The molecule has 0 radical (unpaired) electrons. The van der Waals surface area contributed by atoms with Crippen LogP contribution in [0.15, 0.2) is 30.3 Å². The molecule has 334 valence electrons. The van der Waals surface area contributed by atoms with Crippen molar-refractivity contribution in [3.8, 4) is 5.75 Å². The molecule has 5 saturated heterocycles. The molecule has 5 fully saturated rings. The van der Waals surface area contributed by atoms with Crippen molar-refractivity contribution in [1.82, 2.24) is 9.80 Å². The zero-order valence-corrected chi connectivity index (χ0v) is 37.5. The summed E-state index contributed by atoms with van der Waals surface area (Å²) in [5.41, 5.74) is -3.38. The minimum absolute atomic E-state index is 0.0770. The van der Waals surface area contributed by atoms with Gasteiger partial charge in [-0.25, -0.2) is 0 Å². The van der Waals surface area contributed by atoms with Gasteiger partial charge in [0.15, 0.2) is 18.2 Å². The normalized spacial score (nSPS) is 47.2. The molecule has 1 spiro atoms. The number of carbonyl (C=O) groups excluding carboxylic acids is 1. The lowest BCUT2D eigenvalue weighted by Gasteiger charge is -2.58. The molecule has 18 atom stereocenters. The fourth-order valence-electron chi connectivity index (χ4n) is 10.2. The van der Waals surface area contributed by atoms with Crippen LogP contribution < -0.4 is 4.74 Å². The minimum Gasteiger partial charge on any atom is -0.459 e. The number of cyclic esters (lactones) is 1. The number of aliphatic hydroxyl groups excluding tert-OH is 1. The van der Waals surface area contributed by atoms with Crippen molar-refractivity contribution in [3.63, 3.8) is 0 Å². The Morgan fingerprint density at radius 3 is 2.36 bits per heavy atom. The summed E-state index contributed by atoms with van der Waals surface area (Å²) in [4.78, 5) is 18.8. The van der Waals surface area contributed by atoms with Crippen LogP contribution in [0.5, 0.6) is 5.75 Å². The van der Waals surface area contributed by atoms with Crippen LogP contribution in [-0.4, -0.2) is 161 Å². The maximum Gasteiger partial charge on any atom is 0.358 e. The Balaban J connectivity index is 1.40. The Bertz CT molecular complexity index is 1620. The third kappa shape index (κ3) is 9.21. The quantitative estimate of drug-likeness (QED) is 0.206. The molecular formula is C43H68N2O13S. The number of likely N-dealkylation sites (N-methyl/N-ethyl adjacent to an activating group) is 2. The molecule has 5 aliphatic heterocycles. The molecule has 0 bridgehead atoms. The molecule has 6 rings (SSSR count). The second-order valence-corrected chi connectivity index (χ2v) is 18.9. The third-order valence-corrected chi connectivity index (χ3v) is 13.6. The number of para-hydroxylation sites is 1. The van der Waals surface area contributed by atoms with E-state index in [9.17, 15) is 20.1 Å². The van der Waals surface area contributed by atoms with Crippen molar-refractivity contribution in [1.29, 1.82) is 0 Å². The first-order chi connectivity index (χ1) is 27.6. The van der Waals surface area contributed by atoms with Gasteiger partial charge in [-0.3, -0.25) is 4.79 Å². The first-order valence-electron chi connectivity index (χ1n) is 21.1. The second-order valence-electron chi connectivity index (χ2n) is 18.5. The molecule has 59 heavy (non-hydrogen) atoms. The fraction of sp³-hybridized carbons (Fsp3) is 0.814. The van der Waals surface area contributed by atoms with Crippen LogP contribution in [0, 0.1) is 17.8 Å². The number of hydrogen-bond donors (Lipinski definition) is 3. The zero-order valence-electron chi connectivity index (χ0n) is 36.7. The monoisotopic (exact) mass is 852 g/mol. The summed E-state index contributed by atoms with van der Waals surface area (Å²) in [6, 6.07) is 8.31. The van der Waals surface area contributed by atoms with Gasteiger partial charge in [0.2, 0.25) is 5.79 Å². The first-order valence-corrected chi connectivity index (χ1v) is 21.5. The molecule has 0 saturated carbocycles. The molecule has 3 N–H and O–H groups in total. The SMILES string of the molecule is CC[C@H]1OC(=O)[C@H]2[C@@H](OC23CC2(OC)OC2C(C)O3)[C@H](C)[C@@H](OC2OC(C)CC(N(C)C)C2OC(=S)Oc2ccccc2)[C@@](C)(O)C[C@@H](C)CN(C)[C@H](C)[C@@H](O)[C@]1(C)O. The molecule has 0 aliphatic carbocycles. The molecule has 5 aliphatic rings. The number of benzene rings is 1. The lowest BCUT2D eigenvalue weighted by atomic mass is 9.70. The molecule has 15 nitrogen and oxygen atoms in total. The second kappa shape index (κ2) is 17.6. The van der Waals surface area contributed by atoms with Crippen molar-refractivity contribution in [3.05, 3.63) is 30.3 Å². The summed E-state index contributed by atoms with van der Waals surface area (Å²) in [5.74, 6) is -4.64. The van der Waals surface area contributed by atoms with E-state index < -0.39 is 89.5 Å².